The van der Waals surface area contributed by atoms with E-state index in [1.807, 2.05) is 12.1 Å². The first-order valence-corrected chi connectivity index (χ1v) is 7.37. The van der Waals surface area contributed by atoms with Gasteiger partial charge in [0.1, 0.15) is 5.75 Å². The lowest BCUT2D eigenvalue weighted by Crippen LogP contribution is -2.31. The lowest BCUT2D eigenvalue weighted by molar-refractivity contribution is 0.402. The molecule has 3 heteroatoms. The van der Waals surface area contributed by atoms with E-state index >= 15 is 0 Å². The Morgan fingerprint density at radius 2 is 1.90 bits per heavy atom. The maximum Gasteiger partial charge on any atom is 0.123 e. The Bertz CT molecular complexity index is 637. The van der Waals surface area contributed by atoms with Crippen molar-refractivity contribution < 1.29 is 4.74 Å². The van der Waals surface area contributed by atoms with E-state index in [4.69, 9.17) is 4.74 Å². The van der Waals surface area contributed by atoms with Gasteiger partial charge in [-0.1, -0.05) is 24.3 Å². The standard InChI is InChI=1S/C18H22N2O/c1-20(2)14-9-8-13-10-11-19-18(16(13)12-14)15-6-4-5-7-17(15)21-3/h4-9,12,18-19H,10-11H2,1-3H3. The molecule has 110 valence electrons. The predicted molar refractivity (Wildman–Crippen MR) is 87.3 cm³/mol. The largest absolute Gasteiger partial charge is 0.496 e. The fourth-order valence-corrected chi connectivity index (χ4v) is 3.00. The van der Waals surface area contributed by atoms with Crippen molar-refractivity contribution >= 4 is 5.69 Å². The molecule has 0 fully saturated rings. The summed E-state index contributed by atoms with van der Waals surface area (Å²) in [7, 11) is 5.89. The number of para-hydroxylation sites is 1. The van der Waals surface area contributed by atoms with E-state index in [0.717, 1.165) is 18.7 Å². The Kier molecular flexibility index (Phi) is 3.84. The molecule has 3 nitrogen and oxygen atoms in total. The summed E-state index contributed by atoms with van der Waals surface area (Å²) in [6.45, 7) is 0.997. The number of methoxy groups -OCH3 is 1. The van der Waals surface area contributed by atoms with Gasteiger partial charge in [0.05, 0.1) is 13.2 Å². The molecular weight excluding hydrogens is 260 g/mol. The third-order valence-corrected chi connectivity index (χ3v) is 4.15. The lowest BCUT2D eigenvalue weighted by atomic mass is 9.89. The smallest absolute Gasteiger partial charge is 0.123 e. The zero-order valence-corrected chi connectivity index (χ0v) is 12.9. The third-order valence-electron chi connectivity index (χ3n) is 4.15. The molecule has 0 aliphatic carbocycles. The van der Waals surface area contributed by atoms with Gasteiger partial charge in [-0.2, -0.15) is 0 Å². The van der Waals surface area contributed by atoms with Crippen LogP contribution in [0.2, 0.25) is 0 Å². The number of ether oxygens (including phenoxy) is 1. The second-order valence-electron chi connectivity index (χ2n) is 5.66. The van der Waals surface area contributed by atoms with E-state index < -0.39 is 0 Å². The molecule has 21 heavy (non-hydrogen) atoms. The van der Waals surface area contributed by atoms with Crippen LogP contribution >= 0.6 is 0 Å². The number of nitrogens with one attached hydrogen (secondary N) is 1. The Balaban J connectivity index is 2.09. The van der Waals surface area contributed by atoms with Crippen LogP contribution in [0.4, 0.5) is 5.69 Å². The highest BCUT2D eigenvalue weighted by molar-refractivity contribution is 5.54. The second kappa shape index (κ2) is 5.78. The van der Waals surface area contributed by atoms with Crippen molar-refractivity contribution in [3.63, 3.8) is 0 Å². The van der Waals surface area contributed by atoms with Crippen LogP contribution in [0.3, 0.4) is 0 Å². The van der Waals surface area contributed by atoms with Crippen molar-refractivity contribution in [3.8, 4) is 5.75 Å². The summed E-state index contributed by atoms with van der Waals surface area (Å²) in [5, 5.41) is 3.63. The summed E-state index contributed by atoms with van der Waals surface area (Å²) in [6, 6.07) is 15.2. The Labute approximate surface area is 126 Å². The fourth-order valence-electron chi connectivity index (χ4n) is 3.00. The summed E-state index contributed by atoms with van der Waals surface area (Å²) >= 11 is 0. The number of fused-ring (bicyclic) bond motifs is 1. The molecule has 1 unspecified atom stereocenters. The molecule has 0 aromatic heterocycles. The summed E-state index contributed by atoms with van der Waals surface area (Å²) in [5.74, 6) is 0.943. The van der Waals surface area contributed by atoms with E-state index in [0.29, 0.717) is 0 Å². The van der Waals surface area contributed by atoms with Crippen LogP contribution in [0.15, 0.2) is 42.5 Å². The maximum atomic E-state index is 5.54. The van der Waals surface area contributed by atoms with Gasteiger partial charge in [0.2, 0.25) is 0 Å². The summed E-state index contributed by atoms with van der Waals surface area (Å²) in [4.78, 5) is 2.15. The molecule has 1 atom stereocenters. The highest BCUT2D eigenvalue weighted by Crippen LogP contribution is 2.35. The van der Waals surface area contributed by atoms with E-state index in [9.17, 15) is 0 Å². The van der Waals surface area contributed by atoms with Crippen LogP contribution in [-0.2, 0) is 6.42 Å². The average molecular weight is 282 g/mol. The van der Waals surface area contributed by atoms with Gasteiger partial charge in [0, 0.05) is 31.9 Å². The Morgan fingerprint density at radius 3 is 2.67 bits per heavy atom. The molecule has 0 bridgehead atoms. The molecular formula is C18H22N2O. The van der Waals surface area contributed by atoms with Crippen LogP contribution in [-0.4, -0.2) is 27.7 Å². The van der Waals surface area contributed by atoms with Crippen molar-refractivity contribution in [2.24, 2.45) is 0 Å². The predicted octanol–water partition coefficient (Wildman–Crippen LogP) is 3.00. The average Bonchev–Trinajstić information content (AvgIpc) is 2.53. The first kappa shape index (κ1) is 14.0. The van der Waals surface area contributed by atoms with Crippen molar-refractivity contribution in [3.05, 3.63) is 59.2 Å². The molecule has 1 N–H and O–H groups in total. The molecule has 0 saturated heterocycles. The van der Waals surface area contributed by atoms with Crippen molar-refractivity contribution in [1.82, 2.24) is 5.32 Å². The molecule has 2 aromatic rings. The monoisotopic (exact) mass is 282 g/mol. The number of rotatable bonds is 3. The van der Waals surface area contributed by atoms with Gasteiger partial charge in [0.15, 0.2) is 0 Å². The molecule has 2 aromatic carbocycles. The topological polar surface area (TPSA) is 24.5 Å². The van der Waals surface area contributed by atoms with Crippen LogP contribution in [0.1, 0.15) is 22.7 Å². The summed E-state index contributed by atoms with van der Waals surface area (Å²) < 4.78 is 5.54. The SMILES string of the molecule is COc1ccccc1C1NCCc2ccc(N(C)C)cc21. The van der Waals surface area contributed by atoms with Gasteiger partial charge >= 0.3 is 0 Å². The maximum absolute atomic E-state index is 5.54. The molecule has 1 heterocycles. The number of nitrogens with zero attached hydrogens (tertiary/aromatic N) is 1. The molecule has 0 saturated carbocycles. The van der Waals surface area contributed by atoms with Crippen molar-refractivity contribution in [2.45, 2.75) is 12.5 Å². The zero-order valence-electron chi connectivity index (χ0n) is 12.9. The Hall–Kier alpha value is -2.00. The quantitative estimate of drug-likeness (QED) is 0.936. The summed E-state index contributed by atoms with van der Waals surface area (Å²) in [6.07, 6.45) is 1.08. The molecule has 1 aliphatic heterocycles. The molecule has 1 aliphatic rings. The molecule has 0 radical (unpaired) electrons. The van der Waals surface area contributed by atoms with Gasteiger partial charge in [0.25, 0.3) is 0 Å². The third kappa shape index (κ3) is 2.61. The fraction of sp³-hybridized carbons (Fsp3) is 0.333. The molecule has 0 spiro atoms. The molecule has 0 amide bonds. The highest BCUT2D eigenvalue weighted by atomic mass is 16.5. The van der Waals surface area contributed by atoms with E-state index in [-0.39, 0.29) is 6.04 Å². The number of hydrogen-bond donors (Lipinski definition) is 1. The normalized spacial score (nSPS) is 17.2. The van der Waals surface area contributed by atoms with Gasteiger partial charge in [-0.05, 0) is 35.7 Å². The highest BCUT2D eigenvalue weighted by Gasteiger charge is 2.24. The zero-order chi connectivity index (χ0) is 14.8. The second-order valence-corrected chi connectivity index (χ2v) is 5.66. The first-order valence-electron chi connectivity index (χ1n) is 7.37. The number of benzene rings is 2. The number of hydrogen-bond acceptors (Lipinski definition) is 3. The van der Waals surface area contributed by atoms with Crippen molar-refractivity contribution in [2.75, 3.05) is 32.6 Å². The van der Waals surface area contributed by atoms with E-state index in [1.165, 1.54) is 22.4 Å². The lowest BCUT2D eigenvalue weighted by Gasteiger charge is -2.29. The van der Waals surface area contributed by atoms with Gasteiger partial charge < -0.3 is 15.0 Å². The minimum Gasteiger partial charge on any atom is -0.496 e. The number of anilines is 1. The van der Waals surface area contributed by atoms with Crippen molar-refractivity contribution in [1.29, 1.82) is 0 Å². The van der Waals surface area contributed by atoms with Gasteiger partial charge in [-0.25, -0.2) is 0 Å². The van der Waals surface area contributed by atoms with E-state index in [2.05, 4.69) is 54.6 Å². The molecule has 3 rings (SSSR count). The first-order chi connectivity index (χ1) is 10.2. The van der Waals surface area contributed by atoms with Crippen LogP contribution in [0, 0.1) is 0 Å². The van der Waals surface area contributed by atoms with Gasteiger partial charge in [-0.15, -0.1) is 0 Å². The van der Waals surface area contributed by atoms with E-state index in [1.54, 1.807) is 7.11 Å². The van der Waals surface area contributed by atoms with Crippen LogP contribution < -0.4 is 15.0 Å². The van der Waals surface area contributed by atoms with Gasteiger partial charge in [-0.3, -0.25) is 0 Å². The minimum atomic E-state index is 0.199. The van der Waals surface area contributed by atoms with Crippen LogP contribution in [0.25, 0.3) is 0 Å². The minimum absolute atomic E-state index is 0.199. The Morgan fingerprint density at radius 1 is 1.10 bits per heavy atom. The summed E-state index contributed by atoms with van der Waals surface area (Å²) in [5.41, 5.74) is 5.22. The van der Waals surface area contributed by atoms with Crippen LogP contribution in [0.5, 0.6) is 5.75 Å².